The van der Waals surface area contributed by atoms with Crippen LogP contribution in [0.5, 0.6) is 0 Å². The van der Waals surface area contributed by atoms with Gasteiger partial charge in [0.2, 0.25) is 10.0 Å². The van der Waals surface area contributed by atoms with E-state index in [-0.39, 0.29) is 5.75 Å². The van der Waals surface area contributed by atoms with Gasteiger partial charge in [-0.3, -0.25) is 9.82 Å². The summed E-state index contributed by atoms with van der Waals surface area (Å²) in [4.78, 5) is 2.24. The molecule has 0 spiro atoms. The van der Waals surface area contributed by atoms with Gasteiger partial charge in [0.1, 0.15) is 0 Å². The maximum Gasteiger partial charge on any atom is 0.236 e. The zero-order chi connectivity index (χ0) is 22.7. The first-order chi connectivity index (χ1) is 16.1. The Morgan fingerprint density at radius 1 is 0.939 bits per heavy atom. The van der Waals surface area contributed by atoms with Crippen LogP contribution in [0.15, 0.2) is 72.8 Å². The van der Waals surface area contributed by atoms with E-state index in [0.29, 0.717) is 5.69 Å². The summed E-state index contributed by atoms with van der Waals surface area (Å²) >= 11 is 0. The van der Waals surface area contributed by atoms with Gasteiger partial charge in [-0.2, -0.15) is 5.10 Å². The number of hydrogen-bond acceptors (Lipinski definition) is 4. The summed E-state index contributed by atoms with van der Waals surface area (Å²) in [5.74, 6) is -0.0720. The Morgan fingerprint density at radius 2 is 1.64 bits per heavy atom. The highest BCUT2D eigenvalue weighted by atomic mass is 32.2. The van der Waals surface area contributed by atoms with Crippen molar-refractivity contribution in [2.45, 2.75) is 18.6 Å². The van der Waals surface area contributed by atoms with Gasteiger partial charge in [0.05, 0.1) is 28.3 Å². The van der Waals surface area contributed by atoms with Crippen LogP contribution in [0.2, 0.25) is 0 Å². The Balaban J connectivity index is 1.52. The van der Waals surface area contributed by atoms with Crippen molar-refractivity contribution >= 4 is 44.5 Å². The van der Waals surface area contributed by atoms with Crippen LogP contribution in [-0.4, -0.2) is 31.7 Å². The van der Waals surface area contributed by atoms with Crippen LogP contribution >= 0.6 is 0 Å². The number of benzene rings is 3. The smallest absolute Gasteiger partial charge is 0.236 e. The number of aromatic amines is 1. The Hall–Kier alpha value is -3.58. The number of anilines is 2. The van der Waals surface area contributed by atoms with E-state index >= 15 is 0 Å². The number of sulfonamides is 1. The molecule has 0 bridgehead atoms. The van der Waals surface area contributed by atoms with E-state index < -0.39 is 10.0 Å². The quantitative estimate of drug-likeness (QED) is 0.395. The number of hydrogen-bond donors (Lipinski definition) is 2. The van der Waals surface area contributed by atoms with E-state index in [1.54, 1.807) is 0 Å². The van der Waals surface area contributed by atoms with Crippen LogP contribution in [0, 0.1) is 0 Å². The van der Waals surface area contributed by atoms with Crippen LogP contribution in [-0.2, 0) is 15.8 Å². The predicted molar refractivity (Wildman–Crippen MR) is 136 cm³/mol. The van der Waals surface area contributed by atoms with E-state index in [0.717, 1.165) is 59.3 Å². The Kier molecular flexibility index (Phi) is 5.88. The van der Waals surface area contributed by atoms with Gasteiger partial charge in [-0.25, -0.2) is 8.42 Å². The maximum atomic E-state index is 13.0. The molecule has 0 aliphatic carbocycles. The average Bonchev–Trinajstić information content (AvgIpc) is 3.48. The van der Waals surface area contributed by atoms with Crippen molar-refractivity contribution in [1.82, 2.24) is 10.2 Å². The molecule has 2 N–H and O–H groups in total. The standard InChI is InChI=1S/C26H26N4O2S/c31-33(32,19-21-11-5-2-6-12-21)29-25-17-22-23(14-13-20-9-3-1-4-10-20)27-28-24(22)18-26(25)30-15-7-8-16-30/h1-6,9-14,17-18,29H,7-8,15-16,19H2,(H,27,28)/b14-13+. The number of nitrogens with zero attached hydrogens (tertiary/aromatic N) is 2. The lowest BCUT2D eigenvalue weighted by Gasteiger charge is -2.22. The topological polar surface area (TPSA) is 78.1 Å². The van der Waals surface area contributed by atoms with E-state index in [1.807, 2.05) is 84.9 Å². The zero-order valence-corrected chi connectivity index (χ0v) is 19.1. The average molecular weight is 459 g/mol. The molecule has 3 aromatic carbocycles. The second-order valence-electron chi connectivity index (χ2n) is 8.31. The van der Waals surface area contributed by atoms with E-state index in [9.17, 15) is 8.42 Å². The van der Waals surface area contributed by atoms with E-state index in [1.165, 1.54) is 0 Å². The van der Waals surface area contributed by atoms with Gasteiger partial charge >= 0.3 is 0 Å². The molecule has 0 radical (unpaired) electrons. The summed E-state index contributed by atoms with van der Waals surface area (Å²) in [5, 5.41) is 8.47. The van der Waals surface area contributed by atoms with E-state index in [4.69, 9.17) is 0 Å². The lowest BCUT2D eigenvalue weighted by Crippen LogP contribution is -2.22. The molecule has 1 aromatic heterocycles. The molecular formula is C26H26N4O2S. The first-order valence-electron chi connectivity index (χ1n) is 11.1. The highest BCUT2D eigenvalue weighted by molar-refractivity contribution is 7.91. The summed E-state index contributed by atoms with van der Waals surface area (Å²) < 4.78 is 28.9. The molecule has 0 amide bonds. The molecule has 4 aromatic rings. The number of fused-ring (bicyclic) bond motifs is 1. The van der Waals surface area contributed by atoms with Gasteiger partial charge < -0.3 is 4.90 Å². The molecule has 5 rings (SSSR count). The van der Waals surface area contributed by atoms with Gasteiger partial charge in [0.15, 0.2) is 0 Å². The first-order valence-corrected chi connectivity index (χ1v) is 12.8. The number of H-pyrrole nitrogens is 1. The lowest BCUT2D eigenvalue weighted by molar-refractivity contribution is 0.600. The van der Waals surface area contributed by atoms with Crippen molar-refractivity contribution in [2.75, 3.05) is 22.7 Å². The van der Waals surface area contributed by atoms with Crippen LogP contribution in [0.3, 0.4) is 0 Å². The Morgan fingerprint density at radius 3 is 2.36 bits per heavy atom. The minimum absolute atomic E-state index is 0.0720. The number of aromatic nitrogens is 2. The largest absolute Gasteiger partial charge is 0.370 e. The lowest BCUT2D eigenvalue weighted by atomic mass is 10.1. The molecule has 0 unspecified atom stereocenters. The summed E-state index contributed by atoms with van der Waals surface area (Å²) in [5.41, 5.74) is 4.96. The van der Waals surface area contributed by atoms with Crippen molar-refractivity contribution in [3.63, 3.8) is 0 Å². The normalized spacial score (nSPS) is 14.4. The second kappa shape index (κ2) is 9.11. The molecule has 6 nitrogen and oxygen atoms in total. The van der Waals surface area contributed by atoms with Crippen molar-refractivity contribution in [2.24, 2.45) is 0 Å². The molecule has 7 heteroatoms. The number of nitrogens with one attached hydrogen (secondary N) is 2. The van der Waals surface area contributed by atoms with Crippen LogP contribution in [0.4, 0.5) is 11.4 Å². The first kappa shape index (κ1) is 21.3. The molecule has 168 valence electrons. The maximum absolute atomic E-state index is 13.0. The molecular weight excluding hydrogens is 432 g/mol. The highest BCUT2D eigenvalue weighted by Crippen LogP contribution is 2.35. The minimum Gasteiger partial charge on any atom is -0.370 e. The van der Waals surface area contributed by atoms with Crippen LogP contribution in [0.25, 0.3) is 23.1 Å². The fraction of sp³-hybridized carbons (Fsp3) is 0.192. The molecule has 33 heavy (non-hydrogen) atoms. The summed E-state index contributed by atoms with van der Waals surface area (Å²) in [6.45, 7) is 1.82. The van der Waals surface area contributed by atoms with Gasteiger partial charge in [0, 0.05) is 18.5 Å². The van der Waals surface area contributed by atoms with E-state index in [2.05, 4.69) is 19.8 Å². The monoisotopic (exact) mass is 458 g/mol. The molecule has 1 aliphatic rings. The zero-order valence-electron chi connectivity index (χ0n) is 18.2. The van der Waals surface area contributed by atoms with Crippen molar-refractivity contribution < 1.29 is 8.42 Å². The van der Waals surface area contributed by atoms with Crippen molar-refractivity contribution in [1.29, 1.82) is 0 Å². The fourth-order valence-electron chi connectivity index (χ4n) is 4.24. The molecule has 2 heterocycles. The summed E-state index contributed by atoms with van der Waals surface area (Å²) in [6.07, 6.45) is 6.15. The fourth-order valence-corrected chi connectivity index (χ4v) is 5.44. The minimum atomic E-state index is -3.58. The van der Waals surface area contributed by atoms with Gasteiger partial charge in [-0.05, 0) is 42.2 Å². The summed E-state index contributed by atoms with van der Waals surface area (Å²) in [6, 6.07) is 23.2. The van der Waals surface area contributed by atoms with Crippen LogP contribution < -0.4 is 9.62 Å². The van der Waals surface area contributed by atoms with Gasteiger partial charge in [0.25, 0.3) is 0 Å². The van der Waals surface area contributed by atoms with Gasteiger partial charge in [-0.1, -0.05) is 66.7 Å². The molecule has 1 saturated heterocycles. The van der Waals surface area contributed by atoms with Crippen molar-refractivity contribution in [3.05, 3.63) is 89.6 Å². The van der Waals surface area contributed by atoms with Gasteiger partial charge in [-0.15, -0.1) is 0 Å². The third-order valence-electron chi connectivity index (χ3n) is 5.85. The molecule has 0 saturated carbocycles. The Bertz CT molecular complexity index is 1370. The summed E-state index contributed by atoms with van der Waals surface area (Å²) in [7, 11) is -3.58. The second-order valence-corrected chi connectivity index (χ2v) is 10.0. The number of rotatable bonds is 7. The van der Waals surface area contributed by atoms with Crippen molar-refractivity contribution in [3.8, 4) is 0 Å². The third kappa shape index (κ3) is 4.93. The van der Waals surface area contributed by atoms with Crippen LogP contribution in [0.1, 0.15) is 29.7 Å². The molecule has 1 aliphatic heterocycles. The highest BCUT2D eigenvalue weighted by Gasteiger charge is 2.21. The Labute approximate surface area is 194 Å². The third-order valence-corrected chi connectivity index (χ3v) is 7.10. The SMILES string of the molecule is O=S(=O)(Cc1ccccc1)Nc1cc2c(/C=C/c3ccccc3)n[nH]c2cc1N1CCCC1. The predicted octanol–water partition coefficient (Wildman–Crippen LogP) is 5.28. The molecule has 1 fully saturated rings. The molecule has 0 atom stereocenters.